The van der Waals surface area contributed by atoms with Gasteiger partial charge in [-0.1, -0.05) is 23.2 Å². The second-order valence-electron chi connectivity index (χ2n) is 7.63. The monoisotopic (exact) mass is 339 g/mol. The first-order chi connectivity index (χ1) is 10.6. The third kappa shape index (κ3) is 2.64. The van der Waals surface area contributed by atoms with Gasteiger partial charge in [-0.25, -0.2) is 0 Å². The van der Waals surface area contributed by atoms with Crippen LogP contribution in [0.2, 0.25) is 10.0 Å². The maximum atomic E-state index is 6.25. The smallest absolute Gasteiger partial charge is 0.142 e. The predicted molar refractivity (Wildman–Crippen MR) is 90.8 cm³/mol. The summed E-state index contributed by atoms with van der Waals surface area (Å²) in [6, 6.07) is 3.72. The molecule has 1 aromatic carbocycles. The highest BCUT2D eigenvalue weighted by Crippen LogP contribution is 2.55. The summed E-state index contributed by atoms with van der Waals surface area (Å²) in [4.78, 5) is 0. The molecule has 4 heteroatoms. The van der Waals surface area contributed by atoms with Crippen LogP contribution in [0.15, 0.2) is 12.1 Å². The second kappa shape index (κ2) is 5.58. The first-order valence-electron chi connectivity index (χ1n) is 8.34. The molecule has 0 amide bonds. The van der Waals surface area contributed by atoms with Crippen LogP contribution in [0.3, 0.4) is 0 Å². The fourth-order valence-corrected chi connectivity index (χ4v) is 6.20. The fourth-order valence-electron chi connectivity index (χ4n) is 5.58. The van der Waals surface area contributed by atoms with Crippen molar-refractivity contribution < 1.29 is 4.74 Å². The van der Waals surface area contributed by atoms with E-state index in [4.69, 9.17) is 27.9 Å². The number of halogens is 2. The number of methoxy groups -OCH3 is 1. The lowest BCUT2D eigenvalue weighted by Crippen LogP contribution is -2.58. The van der Waals surface area contributed by atoms with Gasteiger partial charge in [0.2, 0.25) is 0 Å². The number of benzene rings is 1. The third-order valence-electron chi connectivity index (χ3n) is 5.98. The normalized spacial score (nSPS) is 35.9. The van der Waals surface area contributed by atoms with E-state index in [0.29, 0.717) is 15.6 Å². The molecule has 5 rings (SSSR count). The molecule has 0 aliphatic heterocycles. The van der Waals surface area contributed by atoms with Gasteiger partial charge >= 0.3 is 0 Å². The minimum Gasteiger partial charge on any atom is -0.495 e. The molecule has 0 aromatic heterocycles. The summed E-state index contributed by atoms with van der Waals surface area (Å²) >= 11 is 12.4. The summed E-state index contributed by atoms with van der Waals surface area (Å²) in [7, 11) is 1.67. The van der Waals surface area contributed by atoms with E-state index in [1.807, 2.05) is 6.07 Å². The van der Waals surface area contributed by atoms with E-state index in [2.05, 4.69) is 5.32 Å². The molecule has 4 fully saturated rings. The number of ether oxygens (including phenoxy) is 1. The molecule has 4 aliphatic rings. The van der Waals surface area contributed by atoms with E-state index in [0.717, 1.165) is 35.6 Å². The standard InChI is InChI=1S/C18H23Cl2NO/c1-22-17-14(5-15(19)6-16(17)20)10-21-18-7-11-2-12(8-18)4-13(3-11)9-18/h5-6,11-13,21H,2-4,7-10H2,1H3. The molecule has 4 bridgehead atoms. The molecule has 0 heterocycles. The summed E-state index contributed by atoms with van der Waals surface area (Å²) in [5, 5.41) is 5.14. The highest BCUT2D eigenvalue weighted by molar-refractivity contribution is 6.35. The van der Waals surface area contributed by atoms with Gasteiger partial charge < -0.3 is 10.1 Å². The minimum absolute atomic E-state index is 0.342. The maximum Gasteiger partial charge on any atom is 0.142 e. The summed E-state index contributed by atoms with van der Waals surface area (Å²) in [5.74, 6) is 3.60. The Hall–Kier alpha value is -0.440. The van der Waals surface area contributed by atoms with Crippen molar-refractivity contribution in [2.75, 3.05) is 7.11 Å². The molecule has 4 saturated carbocycles. The zero-order chi connectivity index (χ0) is 15.3. The van der Waals surface area contributed by atoms with Crippen molar-refractivity contribution in [3.8, 4) is 5.75 Å². The van der Waals surface area contributed by atoms with Crippen LogP contribution in [-0.4, -0.2) is 12.6 Å². The lowest BCUT2D eigenvalue weighted by atomic mass is 9.53. The zero-order valence-corrected chi connectivity index (χ0v) is 14.5. The number of hydrogen-bond donors (Lipinski definition) is 1. The molecule has 4 aliphatic carbocycles. The summed E-state index contributed by atoms with van der Waals surface area (Å²) in [5.41, 5.74) is 1.41. The van der Waals surface area contributed by atoms with E-state index in [-0.39, 0.29) is 0 Å². The van der Waals surface area contributed by atoms with E-state index in [1.54, 1.807) is 13.2 Å². The number of rotatable bonds is 4. The van der Waals surface area contributed by atoms with Crippen LogP contribution in [0.4, 0.5) is 0 Å². The van der Waals surface area contributed by atoms with Gasteiger partial charge in [-0.2, -0.15) is 0 Å². The van der Waals surface area contributed by atoms with Crippen LogP contribution in [0.25, 0.3) is 0 Å². The Labute approximate surface area is 142 Å². The summed E-state index contributed by atoms with van der Waals surface area (Å²) in [6.07, 6.45) is 8.43. The maximum absolute atomic E-state index is 6.25. The molecule has 0 spiro atoms. The van der Waals surface area contributed by atoms with Crippen LogP contribution >= 0.6 is 23.2 Å². The molecular weight excluding hydrogens is 317 g/mol. The Balaban J connectivity index is 1.53. The number of hydrogen-bond acceptors (Lipinski definition) is 2. The average molecular weight is 340 g/mol. The Morgan fingerprint density at radius 2 is 1.68 bits per heavy atom. The van der Waals surface area contributed by atoms with Gasteiger partial charge in [0.1, 0.15) is 5.75 Å². The molecule has 0 unspecified atom stereocenters. The summed E-state index contributed by atoms with van der Waals surface area (Å²) in [6.45, 7) is 0.787. The Bertz CT molecular complexity index is 551. The topological polar surface area (TPSA) is 21.3 Å². The average Bonchev–Trinajstić information content (AvgIpc) is 2.43. The van der Waals surface area contributed by atoms with Crippen LogP contribution in [-0.2, 0) is 6.54 Å². The van der Waals surface area contributed by atoms with Crippen LogP contribution in [0, 0.1) is 17.8 Å². The number of nitrogens with one attached hydrogen (secondary N) is 1. The van der Waals surface area contributed by atoms with Gasteiger partial charge in [-0.3, -0.25) is 0 Å². The highest BCUT2D eigenvalue weighted by Gasteiger charge is 2.50. The molecule has 120 valence electrons. The lowest BCUT2D eigenvalue weighted by Gasteiger charge is -2.57. The van der Waals surface area contributed by atoms with Gasteiger partial charge in [0.05, 0.1) is 12.1 Å². The molecule has 2 nitrogen and oxygen atoms in total. The van der Waals surface area contributed by atoms with Gasteiger partial charge in [0.25, 0.3) is 0 Å². The van der Waals surface area contributed by atoms with E-state index >= 15 is 0 Å². The largest absolute Gasteiger partial charge is 0.495 e. The second-order valence-corrected chi connectivity index (χ2v) is 8.48. The molecule has 0 radical (unpaired) electrons. The van der Waals surface area contributed by atoms with Crippen LogP contribution in [0.5, 0.6) is 5.75 Å². The van der Waals surface area contributed by atoms with E-state index in [1.165, 1.54) is 38.5 Å². The molecule has 1 N–H and O–H groups in total. The van der Waals surface area contributed by atoms with Gasteiger partial charge in [0.15, 0.2) is 0 Å². The van der Waals surface area contributed by atoms with Crippen LogP contribution < -0.4 is 10.1 Å². The predicted octanol–water partition coefficient (Wildman–Crippen LogP) is 5.06. The first-order valence-corrected chi connectivity index (χ1v) is 9.09. The van der Waals surface area contributed by atoms with Gasteiger partial charge in [-0.05, 0) is 68.4 Å². The Morgan fingerprint density at radius 3 is 2.23 bits per heavy atom. The molecule has 0 saturated heterocycles. The Morgan fingerprint density at radius 1 is 1.09 bits per heavy atom. The summed E-state index contributed by atoms with van der Waals surface area (Å²) < 4.78 is 5.47. The van der Waals surface area contributed by atoms with Crippen LogP contribution in [0.1, 0.15) is 44.1 Å². The molecule has 0 atom stereocenters. The fraction of sp³-hybridized carbons (Fsp3) is 0.667. The Kier molecular flexibility index (Phi) is 3.83. The third-order valence-corrected chi connectivity index (χ3v) is 6.48. The molecular formula is C18H23Cl2NO. The van der Waals surface area contributed by atoms with Crippen molar-refractivity contribution in [2.45, 2.75) is 50.6 Å². The quantitative estimate of drug-likeness (QED) is 0.827. The van der Waals surface area contributed by atoms with Crippen molar-refractivity contribution in [2.24, 2.45) is 17.8 Å². The molecule has 1 aromatic rings. The first kappa shape index (κ1) is 15.1. The highest BCUT2D eigenvalue weighted by atomic mass is 35.5. The lowest BCUT2D eigenvalue weighted by molar-refractivity contribution is -0.0206. The van der Waals surface area contributed by atoms with Crippen molar-refractivity contribution in [1.82, 2.24) is 5.32 Å². The van der Waals surface area contributed by atoms with E-state index < -0.39 is 0 Å². The van der Waals surface area contributed by atoms with Crippen molar-refractivity contribution in [3.63, 3.8) is 0 Å². The molecule has 22 heavy (non-hydrogen) atoms. The zero-order valence-electron chi connectivity index (χ0n) is 13.0. The minimum atomic E-state index is 0.342. The van der Waals surface area contributed by atoms with Gasteiger partial charge in [0, 0.05) is 22.7 Å². The van der Waals surface area contributed by atoms with Crippen molar-refractivity contribution >= 4 is 23.2 Å². The van der Waals surface area contributed by atoms with Gasteiger partial charge in [-0.15, -0.1) is 0 Å². The SMILES string of the molecule is COc1c(Cl)cc(Cl)cc1CNC12CC3CC(CC(C3)C1)C2. The van der Waals surface area contributed by atoms with Crippen molar-refractivity contribution in [3.05, 3.63) is 27.7 Å². The van der Waals surface area contributed by atoms with Crippen molar-refractivity contribution in [1.29, 1.82) is 0 Å². The van der Waals surface area contributed by atoms with E-state index in [9.17, 15) is 0 Å².